The van der Waals surface area contributed by atoms with Crippen molar-refractivity contribution in [1.82, 2.24) is 19.9 Å². The molecule has 8 nitrogen and oxygen atoms in total. The van der Waals surface area contributed by atoms with Gasteiger partial charge in [0.1, 0.15) is 6.04 Å². The van der Waals surface area contributed by atoms with Crippen LogP contribution in [0.3, 0.4) is 0 Å². The third-order valence-electron chi connectivity index (χ3n) is 4.73. The van der Waals surface area contributed by atoms with E-state index in [-0.39, 0.29) is 24.0 Å². The number of aryl methyl sites for hydroxylation is 1. The average Bonchev–Trinajstić information content (AvgIpc) is 3.37. The fourth-order valence-corrected chi connectivity index (χ4v) is 3.37. The first kappa shape index (κ1) is 18.0. The molecule has 1 unspecified atom stereocenters. The molecule has 4 rings (SSSR count). The second kappa shape index (κ2) is 7.67. The predicted molar refractivity (Wildman–Crippen MR) is 98.1 cm³/mol. The van der Waals surface area contributed by atoms with E-state index in [4.69, 9.17) is 8.94 Å². The molecule has 0 radical (unpaired) electrons. The minimum Gasteiger partial charge on any atom is -0.459 e. The molecule has 1 atom stereocenters. The first-order valence-corrected chi connectivity index (χ1v) is 9.08. The SMILES string of the molecule is Cc1noc(CC2C(=O)N(Cc3ccccc3)CCN2C(=O)c2ccco2)n1. The number of aromatic nitrogens is 2. The maximum Gasteiger partial charge on any atom is 0.290 e. The Kier molecular flexibility index (Phi) is 4.92. The number of piperazine rings is 1. The Bertz CT molecular complexity index is 952. The Balaban J connectivity index is 1.58. The first-order valence-electron chi connectivity index (χ1n) is 9.08. The maximum absolute atomic E-state index is 13.2. The van der Waals surface area contributed by atoms with E-state index in [2.05, 4.69) is 10.1 Å². The zero-order chi connectivity index (χ0) is 19.5. The Morgan fingerprint density at radius 3 is 2.68 bits per heavy atom. The highest BCUT2D eigenvalue weighted by Gasteiger charge is 2.39. The maximum atomic E-state index is 13.2. The summed E-state index contributed by atoms with van der Waals surface area (Å²) in [7, 11) is 0. The third-order valence-corrected chi connectivity index (χ3v) is 4.73. The van der Waals surface area contributed by atoms with E-state index in [1.165, 1.54) is 11.2 Å². The van der Waals surface area contributed by atoms with Gasteiger partial charge in [-0.2, -0.15) is 4.98 Å². The van der Waals surface area contributed by atoms with Gasteiger partial charge in [-0.15, -0.1) is 0 Å². The molecule has 0 N–H and O–H groups in total. The van der Waals surface area contributed by atoms with Gasteiger partial charge >= 0.3 is 0 Å². The standard InChI is InChI=1S/C20H20N4O4/c1-14-21-18(28-22-14)12-16-19(25)23(13-15-6-3-2-4-7-15)9-10-24(16)20(26)17-8-5-11-27-17/h2-8,11,16H,9-10,12-13H2,1H3. The number of furan rings is 1. The molecule has 3 aromatic rings. The zero-order valence-electron chi connectivity index (χ0n) is 15.4. The molecular weight excluding hydrogens is 360 g/mol. The van der Waals surface area contributed by atoms with Crippen molar-refractivity contribution < 1.29 is 18.5 Å². The molecule has 28 heavy (non-hydrogen) atoms. The topological polar surface area (TPSA) is 92.7 Å². The summed E-state index contributed by atoms with van der Waals surface area (Å²) in [5.74, 6) is 0.554. The Labute approximate surface area is 161 Å². The first-order chi connectivity index (χ1) is 13.6. The van der Waals surface area contributed by atoms with Crippen LogP contribution in [0.25, 0.3) is 0 Å². The van der Waals surface area contributed by atoms with Gasteiger partial charge < -0.3 is 18.7 Å². The molecule has 3 heterocycles. The number of nitrogens with zero attached hydrogens (tertiary/aromatic N) is 4. The van der Waals surface area contributed by atoms with Crippen LogP contribution in [0.1, 0.15) is 27.8 Å². The number of hydrogen-bond acceptors (Lipinski definition) is 6. The zero-order valence-corrected chi connectivity index (χ0v) is 15.4. The number of benzene rings is 1. The predicted octanol–water partition coefficient (Wildman–Crippen LogP) is 2.07. The fourth-order valence-electron chi connectivity index (χ4n) is 3.37. The fraction of sp³-hybridized carbons (Fsp3) is 0.300. The lowest BCUT2D eigenvalue weighted by Crippen LogP contribution is -2.59. The second-order valence-corrected chi connectivity index (χ2v) is 6.68. The van der Waals surface area contributed by atoms with Crippen LogP contribution >= 0.6 is 0 Å². The van der Waals surface area contributed by atoms with E-state index in [0.29, 0.717) is 31.3 Å². The Hall–Kier alpha value is -3.42. The highest BCUT2D eigenvalue weighted by atomic mass is 16.5. The van der Waals surface area contributed by atoms with Gasteiger partial charge in [-0.1, -0.05) is 35.5 Å². The minimum atomic E-state index is -0.727. The molecular formula is C20H20N4O4. The van der Waals surface area contributed by atoms with Crippen LogP contribution in [0.2, 0.25) is 0 Å². The van der Waals surface area contributed by atoms with E-state index in [9.17, 15) is 9.59 Å². The number of rotatable bonds is 5. The molecule has 2 amide bonds. The lowest BCUT2D eigenvalue weighted by molar-refractivity contribution is -0.141. The lowest BCUT2D eigenvalue weighted by atomic mass is 10.1. The molecule has 1 aromatic carbocycles. The van der Waals surface area contributed by atoms with E-state index in [1.807, 2.05) is 30.3 Å². The summed E-state index contributed by atoms with van der Waals surface area (Å²) in [6.45, 7) is 3.04. The molecule has 0 bridgehead atoms. The van der Waals surface area contributed by atoms with Gasteiger partial charge in [0.25, 0.3) is 5.91 Å². The molecule has 0 spiro atoms. The lowest BCUT2D eigenvalue weighted by Gasteiger charge is -2.40. The van der Waals surface area contributed by atoms with Gasteiger partial charge in [-0.25, -0.2) is 0 Å². The highest BCUT2D eigenvalue weighted by Crippen LogP contribution is 2.20. The van der Waals surface area contributed by atoms with Crippen molar-refractivity contribution in [2.45, 2.75) is 25.9 Å². The minimum absolute atomic E-state index is 0.147. The van der Waals surface area contributed by atoms with Crippen LogP contribution < -0.4 is 0 Å². The Morgan fingerprint density at radius 1 is 1.18 bits per heavy atom. The van der Waals surface area contributed by atoms with Crippen molar-refractivity contribution in [2.24, 2.45) is 0 Å². The van der Waals surface area contributed by atoms with Crippen LogP contribution in [-0.4, -0.2) is 50.9 Å². The monoisotopic (exact) mass is 380 g/mol. The molecule has 8 heteroatoms. The van der Waals surface area contributed by atoms with Gasteiger partial charge in [-0.3, -0.25) is 9.59 Å². The molecule has 2 aromatic heterocycles. The van der Waals surface area contributed by atoms with Crippen molar-refractivity contribution in [3.05, 3.63) is 71.8 Å². The van der Waals surface area contributed by atoms with Crippen molar-refractivity contribution in [3.63, 3.8) is 0 Å². The summed E-state index contributed by atoms with van der Waals surface area (Å²) >= 11 is 0. The van der Waals surface area contributed by atoms with Crippen LogP contribution in [0.4, 0.5) is 0 Å². The number of carbonyl (C=O) groups is 2. The van der Waals surface area contributed by atoms with E-state index < -0.39 is 6.04 Å². The largest absolute Gasteiger partial charge is 0.459 e. The summed E-state index contributed by atoms with van der Waals surface area (Å²) in [4.78, 5) is 33.6. The molecule has 0 saturated carbocycles. The summed E-state index contributed by atoms with van der Waals surface area (Å²) in [6.07, 6.45) is 1.61. The van der Waals surface area contributed by atoms with Crippen molar-refractivity contribution in [1.29, 1.82) is 0 Å². The van der Waals surface area contributed by atoms with Crippen LogP contribution in [0.5, 0.6) is 0 Å². The van der Waals surface area contributed by atoms with Crippen molar-refractivity contribution >= 4 is 11.8 Å². The van der Waals surface area contributed by atoms with Crippen LogP contribution in [0, 0.1) is 6.92 Å². The normalized spacial score (nSPS) is 17.2. The molecule has 0 aliphatic carbocycles. The molecule has 1 aliphatic rings. The van der Waals surface area contributed by atoms with Gasteiger partial charge in [0.05, 0.1) is 12.7 Å². The van der Waals surface area contributed by atoms with E-state index >= 15 is 0 Å². The molecule has 144 valence electrons. The second-order valence-electron chi connectivity index (χ2n) is 6.68. The summed E-state index contributed by atoms with van der Waals surface area (Å²) in [5, 5.41) is 3.78. The van der Waals surface area contributed by atoms with Crippen molar-refractivity contribution in [2.75, 3.05) is 13.1 Å². The van der Waals surface area contributed by atoms with Gasteiger partial charge in [0.15, 0.2) is 11.6 Å². The number of hydrogen-bond donors (Lipinski definition) is 0. The third kappa shape index (κ3) is 3.66. The summed E-state index contributed by atoms with van der Waals surface area (Å²) in [6, 6.07) is 12.3. The molecule has 1 fully saturated rings. The van der Waals surface area contributed by atoms with E-state index in [0.717, 1.165) is 5.56 Å². The molecule has 1 aliphatic heterocycles. The smallest absolute Gasteiger partial charge is 0.290 e. The summed E-state index contributed by atoms with van der Waals surface area (Å²) < 4.78 is 10.4. The van der Waals surface area contributed by atoms with Gasteiger partial charge in [0, 0.05) is 19.6 Å². The Morgan fingerprint density at radius 2 is 2.00 bits per heavy atom. The quantitative estimate of drug-likeness (QED) is 0.673. The number of carbonyl (C=O) groups excluding carboxylic acids is 2. The van der Waals surface area contributed by atoms with Gasteiger partial charge in [0.2, 0.25) is 11.8 Å². The van der Waals surface area contributed by atoms with Crippen molar-refractivity contribution in [3.8, 4) is 0 Å². The molecule has 1 saturated heterocycles. The summed E-state index contributed by atoms with van der Waals surface area (Å²) in [5.41, 5.74) is 1.04. The average molecular weight is 380 g/mol. The van der Waals surface area contributed by atoms with Gasteiger partial charge in [-0.05, 0) is 24.6 Å². The number of amides is 2. The van der Waals surface area contributed by atoms with E-state index in [1.54, 1.807) is 24.0 Å². The highest BCUT2D eigenvalue weighted by molar-refractivity contribution is 5.96. The van der Waals surface area contributed by atoms with Crippen LogP contribution in [0.15, 0.2) is 57.7 Å². The van der Waals surface area contributed by atoms with Crippen LogP contribution in [-0.2, 0) is 17.8 Å².